The highest BCUT2D eigenvalue weighted by atomic mass is 35.5. The third kappa shape index (κ3) is 3.11. The fourth-order valence-corrected chi connectivity index (χ4v) is 1.73. The van der Waals surface area contributed by atoms with Gasteiger partial charge in [0.25, 0.3) is 0 Å². The summed E-state index contributed by atoms with van der Waals surface area (Å²) in [6.45, 7) is 0. The van der Waals surface area contributed by atoms with Gasteiger partial charge in [-0.25, -0.2) is 4.79 Å². The van der Waals surface area contributed by atoms with Gasteiger partial charge in [0, 0.05) is 5.88 Å². The van der Waals surface area contributed by atoms with Crippen LogP contribution in [0.3, 0.4) is 0 Å². The lowest BCUT2D eigenvalue weighted by Gasteiger charge is -2.07. The summed E-state index contributed by atoms with van der Waals surface area (Å²) >= 11 is 11.7. The highest BCUT2D eigenvalue weighted by molar-refractivity contribution is 6.34. The zero-order chi connectivity index (χ0) is 11.3. The van der Waals surface area contributed by atoms with Crippen LogP contribution in [0.2, 0.25) is 5.02 Å². The molecule has 0 saturated heterocycles. The van der Waals surface area contributed by atoms with E-state index >= 15 is 0 Å². The molecule has 0 aromatic heterocycles. The highest BCUT2D eigenvalue weighted by Crippen LogP contribution is 2.23. The smallest absolute Gasteiger partial charge is 0.339 e. The van der Waals surface area contributed by atoms with Gasteiger partial charge in [0.2, 0.25) is 0 Å². The minimum absolute atomic E-state index is 0.409. The third-order valence-corrected chi connectivity index (χ3v) is 2.78. The van der Waals surface area contributed by atoms with Crippen molar-refractivity contribution in [1.82, 2.24) is 0 Å². The number of hydrogen-bond acceptors (Lipinski definition) is 2. The molecular formula is C11H12Cl2O2. The van der Waals surface area contributed by atoms with Crippen LogP contribution in [0, 0.1) is 0 Å². The monoisotopic (exact) mass is 246 g/mol. The summed E-state index contributed by atoms with van der Waals surface area (Å²) in [5.74, 6) is 0.173. The van der Waals surface area contributed by atoms with E-state index in [-0.39, 0.29) is 0 Å². The summed E-state index contributed by atoms with van der Waals surface area (Å²) in [6.07, 6.45) is 1.61. The zero-order valence-corrected chi connectivity index (χ0v) is 9.94. The number of aryl methyl sites for hydroxylation is 1. The molecule has 0 radical (unpaired) electrons. The summed E-state index contributed by atoms with van der Waals surface area (Å²) in [4.78, 5) is 11.3. The molecule has 0 unspecified atom stereocenters. The van der Waals surface area contributed by atoms with E-state index in [1.165, 1.54) is 7.11 Å². The number of hydrogen-bond donors (Lipinski definition) is 0. The van der Waals surface area contributed by atoms with Gasteiger partial charge in [-0.05, 0) is 24.5 Å². The van der Waals surface area contributed by atoms with E-state index in [2.05, 4.69) is 4.74 Å². The summed E-state index contributed by atoms with van der Waals surface area (Å²) in [6, 6.07) is 5.33. The Morgan fingerprint density at radius 1 is 1.47 bits per heavy atom. The van der Waals surface area contributed by atoms with E-state index in [0.717, 1.165) is 18.4 Å². The summed E-state index contributed by atoms with van der Waals surface area (Å²) in [7, 11) is 1.34. The lowest BCUT2D eigenvalue weighted by molar-refractivity contribution is 0.0601. The topological polar surface area (TPSA) is 26.3 Å². The predicted octanol–water partition coefficient (Wildman–Crippen LogP) is 3.30. The molecule has 82 valence electrons. The van der Waals surface area contributed by atoms with Crippen LogP contribution >= 0.6 is 23.2 Å². The molecule has 1 rings (SSSR count). The third-order valence-electron chi connectivity index (χ3n) is 2.06. The van der Waals surface area contributed by atoms with Gasteiger partial charge >= 0.3 is 5.97 Å². The van der Waals surface area contributed by atoms with E-state index in [4.69, 9.17) is 23.2 Å². The first kappa shape index (κ1) is 12.3. The number of alkyl halides is 1. The molecule has 0 bridgehead atoms. The van der Waals surface area contributed by atoms with Crippen molar-refractivity contribution < 1.29 is 9.53 Å². The van der Waals surface area contributed by atoms with Crippen molar-refractivity contribution in [2.24, 2.45) is 0 Å². The lowest BCUT2D eigenvalue weighted by atomic mass is 10.1. The molecule has 2 nitrogen and oxygen atoms in total. The summed E-state index contributed by atoms with van der Waals surface area (Å²) < 4.78 is 4.63. The molecule has 4 heteroatoms. The van der Waals surface area contributed by atoms with Crippen molar-refractivity contribution in [2.45, 2.75) is 12.8 Å². The molecular weight excluding hydrogens is 235 g/mol. The second kappa shape index (κ2) is 5.99. The largest absolute Gasteiger partial charge is 0.465 e. The first-order chi connectivity index (χ1) is 7.20. The number of halogens is 2. The molecule has 0 fully saturated rings. The van der Waals surface area contributed by atoms with Crippen molar-refractivity contribution in [3.63, 3.8) is 0 Å². The molecule has 0 N–H and O–H groups in total. The quantitative estimate of drug-likeness (QED) is 0.602. The molecule has 0 amide bonds. The number of carbonyl (C=O) groups excluding carboxylic acids is 1. The highest BCUT2D eigenvalue weighted by Gasteiger charge is 2.12. The van der Waals surface area contributed by atoms with Crippen LogP contribution in [0.1, 0.15) is 22.3 Å². The van der Waals surface area contributed by atoms with Gasteiger partial charge in [-0.3, -0.25) is 0 Å². The van der Waals surface area contributed by atoms with Gasteiger partial charge in [0.05, 0.1) is 17.7 Å². The molecule has 1 aromatic carbocycles. The first-order valence-electron chi connectivity index (χ1n) is 4.62. The number of benzene rings is 1. The minimum atomic E-state index is -0.410. The van der Waals surface area contributed by atoms with Crippen LogP contribution in [-0.4, -0.2) is 19.0 Å². The molecule has 0 heterocycles. The second-order valence-electron chi connectivity index (χ2n) is 3.06. The Kier molecular flexibility index (Phi) is 4.92. The molecule has 0 aliphatic carbocycles. The van der Waals surface area contributed by atoms with E-state index in [0.29, 0.717) is 16.5 Å². The Morgan fingerprint density at radius 3 is 2.80 bits per heavy atom. The Bertz CT molecular complexity index is 350. The van der Waals surface area contributed by atoms with Crippen LogP contribution in [0.5, 0.6) is 0 Å². The van der Waals surface area contributed by atoms with E-state index in [1.807, 2.05) is 6.07 Å². The maximum absolute atomic E-state index is 11.3. The molecule has 0 atom stereocenters. The predicted molar refractivity (Wildman–Crippen MR) is 61.8 cm³/mol. The average molecular weight is 247 g/mol. The normalized spacial score (nSPS) is 10.1. The maximum Gasteiger partial charge on any atom is 0.339 e. The average Bonchev–Trinajstić information content (AvgIpc) is 2.27. The minimum Gasteiger partial charge on any atom is -0.465 e. The fourth-order valence-electron chi connectivity index (χ4n) is 1.30. The molecule has 0 spiro atoms. The van der Waals surface area contributed by atoms with Gasteiger partial charge < -0.3 is 4.74 Å². The molecule has 0 saturated carbocycles. The standard InChI is InChI=1S/C11H12Cl2O2/c1-15-11(14)9-6-2-4-8(10(9)13)5-3-7-12/h2,4,6H,3,5,7H2,1H3. The van der Waals surface area contributed by atoms with Crippen LogP contribution in [0.15, 0.2) is 18.2 Å². The van der Waals surface area contributed by atoms with Gasteiger partial charge in [-0.1, -0.05) is 23.7 Å². The lowest BCUT2D eigenvalue weighted by Crippen LogP contribution is -2.03. The van der Waals surface area contributed by atoms with Crippen LogP contribution in [0.4, 0.5) is 0 Å². The second-order valence-corrected chi connectivity index (χ2v) is 3.82. The van der Waals surface area contributed by atoms with Crippen LogP contribution < -0.4 is 0 Å². The van der Waals surface area contributed by atoms with Crippen molar-refractivity contribution >= 4 is 29.2 Å². The Hall–Kier alpha value is -0.730. The molecule has 0 aliphatic rings. The number of methoxy groups -OCH3 is 1. The van der Waals surface area contributed by atoms with E-state index < -0.39 is 5.97 Å². The Labute approximate surface area is 99.1 Å². The summed E-state index contributed by atoms with van der Waals surface area (Å²) in [5.41, 5.74) is 1.34. The first-order valence-corrected chi connectivity index (χ1v) is 5.53. The molecule has 1 aromatic rings. The Balaban J connectivity index is 2.95. The number of esters is 1. The molecule has 15 heavy (non-hydrogen) atoms. The maximum atomic E-state index is 11.3. The van der Waals surface area contributed by atoms with Crippen LogP contribution in [0.25, 0.3) is 0 Å². The molecule has 0 aliphatic heterocycles. The van der Waals surface area contributed by atoms with Gasteiger partial charge in [-0.2, -0.15) is 0 Å². The number of ether oxygens (including phenoxy) is 1. The number of carbonyl (C=O) groups is 1. The number of rotatable bonds is 4. The zero-order valence-electron chi connectivity index (χ0n) is 8.43. The van der Waals surface area contributed by atoms with Crippen molar-refractivity contribution in [1.29, 1.82) is 0 Å². The SMILES string of the molecule is COC(=O)c1cccc(CCCCl)c1Cl. The summed E-state index contributed by atoms with van der Waals surface area (Å²) in [5, 5.41) is 0.467. The van der Waals surface area contributed by atoms with Gasteiger partial charge in [0.15, 0.2) is 0 Å². The van der Waals surface area contributed by atoms with Gasteiger partial charge in [-0.15, -0.1) is 11.6 Å². The van der Waals surface area contributed by atoms with E-state index in [9.17, 15) is 4.79 Å². The van der Waals surface area contributed by atoms with Crippen molar-refractivity contribution in [3.05, 3.63) is 34.3 Å². The van der Waals surface area contributed by atoms with E-state index in [1.54, 1.807) is 12.1 Å². The Morgan fingerprint density at radius 2 is 2.20 bits per heavy atom. The fraction of sp³-hybridized carbons (Fsp3) is 0.364. The van der Waals surface area contributed by atoms with Crippen molar-refractivity contribution in [2.75, 3.05) is 13.0 Å². The van der Waals surface area contributed by atoms with Gasteiger partial charge in [0.1, 0.15) is 0 Å². The van der Waals surface area contributed by atoms with Crippen molar-refractivity contribution in [3.8, 4) is 0 Å². The van der Waals surface area contributed by atoms with Crippen LogP contribution in [-0.2, 0) is 11.2 Å².